The average Bonchev–Trinajstić information content (AvgIpc) is 2.98. The summed E-state index contributed by atoms with van der Waals surface area (Å²) in [4.78, 5) is 38.7. The molecule has 1 aromatic carbocycles. The second kappa shape index (κ2) is 7.65. The molecule has 0 saturated carbocycles. The normalized spacial score (nSPS) is 21.4. The van der Waals surface area contributed by atoms with E-state index in [1.807, 2.05) is 0 Å². The molecule has 0 aromatic heterocycles. The monoisotopic (exact) mass is 345 g/mol. The first kappa shape index (κ1) is 17.4. The van der Waals surface area contributed by atoms with Gasteiger partial charge in [-0.2, -0.15) is 0 Å². The van der Waals surface area contributed by atoms with E-state index >= 15 is 0 Å². The van der Waals surface area contributed by atoms with Crippen molar-refractivity contribution in [2.45, 2.75) is 25.7 Å². The summed E-state index contributed by atoms with van der Waals surface area (Å²) in [6, 6.07) is 6.95. The van der Waals surface area contributed by atoms with Crippen molar-refractivity contribution in [1.29, 1.82) is 0 Å². The molecule has 1 atom stereocenters. The van der Waals surface area contributed by atoms with Gasteiger partial charge in [-0.15, -0.1) is 0 Å². The Labute approximate surface area is 146 Å². The van der Waals surface area contributed by atoms with Crippen molar-refractivity contribution in [3.8, 4) is 0 Å². The number of benzene rings is 1. The standard InChI is InChI=1S/C18H23N3O4/c22-16(12-20-8-2-1-3-9-20)19-14-4-6-15(7-5-14)21-11-13(18(24)25)10-17(21)23/h4-7,13H,1-3,8-12H2,(H,19,22)(H,24,25). The number of aliphatic carboxylic acids is 1. The third kappa shape index (κ3) is 4.36. The number of hydrogen-bond acceptors (Lipinski definition) is 4. The highest BCUT2D eigenvalue weighted by atomic mass is 16.4. The third-order valence-electron chi connectivity index (χ3n) is 4.75. The van der Waals surface area contributed by atoms with Crippen molar-refractivity contribution < 1.29 is 19.5 Å². The number of anilines is 2. The van der Waals surface area contributed by atoms with Crippen LogP contribution < -0.4 is 10.2 Å². The fourth-order valence-electron chi connectivity index (χ4n) is 3.37. The molecule has 2 saturated heterocycles. The van der Waals surface area contributed by atoms with E-state index in [9.17, 15) is 14.4 Å². The van der Waals surface area contributed by atoms with E-state index in [1.165, 1.54) is 11.3 Å². The van der Waals surface area contributed by atoms with Gasteiger partial charge in [0.2, 0.25) is 11.8 Å². The molecule has 2 heterocycles. The molecule has 2 N–H and O–H groups in total. The molecule has 7 nitrogen and oxygen atoms in total. The summed E-state index contributed by atoms with van der Waals surface area (Å²) >= 11 is 0. The maximum Gasteiger partial charge on any atom is 0.308 e. The third-order valence-corrected chi connectivity index (χ3v) is 4.75. The lowest BCUT2D eigenvalue weighted by Gasteiger charge is -2.25. The van der Waals surface area contributed by atoms with Crippen molar-refractivity contribution >= 4 is 29.2 Å². The summed E-state index contributed by atoms with van der Waals surface area (Å²) in [5.74, 6) is -1.83. The number of carbonyl (C=O) groups excluding carboxylic acids is 2. The van der Waals surface area contributed by atoms with Crippen LogP contribution in [0.1, 0.15) is 25.7 Å². The molecular formula is C18H23N3O4. The summed E-state index contributed by atoms with van der Waals surface area (Å²) in [6.07, 6.45) is 3.55. The number of amides is 2. The molecule has 0 bridgehead atoms. The molecule has 2 fully saturated rings. The van der Waals surface area contributed by atoms with E-state index < -0.39 is 11.9 Å². The largest absolute Gasteiger partial charge is 0.481 e. The first-order valence-corrected chi connectivity index (χ1v) is 8.68. The molecule has 2 aliphatic rings. The molecule has 1 aromatic rings. The van der Waals surface area contributed by atoms with Gasteiger partial charge in [-0.25, -0.2) is 0 Å². The quantitative estimate of drug-likeness (QED) is 0.845. The zero-order valence-corrected chi connectivity index (χ0v) is 14.1. The van der Waals surface area contributed by atoms with Crippen LogP contribution in [0.15, 0.2) is 24.3 Å². The van der Waals surface area contributed by atoms with Gasteiger partial charge in [0, 0.05) is 24.3 Å². The Hall–Kier alpha value is -2.41. The van der Waals surface area contributed by atoms with Gasteiger partial charge < -0.3 is 15.3 Å². The van der Waals surface area contributed by atoms with Gasteiger partial charge in [-0.1, -0.05) is 6.42 Å². The summed E-state index contributed by atoms with van der Waals surface area (Å²) in [6.45, 7) is 2.52. The van der Waals surface area contributed by atoms with E-state index in [-0.39, 0.29) is 24.8 Å². The van der Waals surface area contributed by atoms with Crippen LogP contribution in [0.3, 0.4) is 0 Å². The van der Waals surface area contributed by atoms with E-state index in [4.69, 9.17) is 5.11 Å². The van der Waals surface area contributed by atoms with Crippen LogP contribution in [0.4, 0.5) is 11.4 Å². The highest BCUT2D eigenvalue weighted by Crippen LogP contribution is 2.26. The second-order valence-electron chi connectivity index (χ2n) is 6.68. The van der Waals surface area contributed by atoms with Crippen molar-refractivity contribution in [3.63, 3.8) is 0 Å². The zero-order valence-electron chi connectivity index (χ0n) is 14.1. The van der Waals surface area contributed by atoms with Crippen molar-refractivity contribution in [2.75, 3.05) is 36.4 Å². The van der Waals surface area contributed by atoms with Crippen molar-refractivity contribution in [2.24, 2.45) is 5.92 Å². The fraction of sp³-hybridized carbons (Fsp3) is 0.500. The van der Waals surface area contributed by atoms with Crippen LogP contribution in [-0.2, 0) is 14.4 Å². The van der Waals surface area contributed by atoms with Crippen LogP contribution in [0, 0.1) is 5.92 Å². The summed E-state index contributed by atoms with van der Waals surface area (Å²) in [5, 5.41) is 11.9. The molecular weight excluding hydrogens is 322 g/mol. The number of carbonyl (C=O) groups is 3. The minimum atomic E-state index is -0.947. The van der Waals surface area contributed by atoms with Gasteiger partial charge >= 0.3 is 5.97 Å². The lowest BCUT2D eigenvalue weighted by Crippen LogP contribution is -2.36. The predicted molar refractivity (Wildman–Crippen MR) is 93.5 cm³/mol. The predicted octanol–water partition coefficient (Wildman–Crippen LogP) is 1.55. The van der Waals surface area contributed by atoms with Gasteiger partial charge in [0.05, 0.1) is 12.5 Å². The maximum atomic E-state index is 12.1. The van der Waals surface area contributed by atoms with E-state index in [2.05, 4.69) is 10.2 Å². The molecule has 0 spiro atoms. The molecule has 25 heavy (non-hydrogen) atoms. The smallest absolute Gasteiger partial charge is 0.308 e. The Balaban J connectivity index is 1.56. The zero-order chi connectivity index (χ0) is 17.8. The maximum absolute atomic E-state index is 12.1. The molecule has 2 amide bonds. The molecule has 3 rings (SSSR count). The number of likely N-dealkylation sites (tertiary alicyclic amines) is 1. The summed E-state index contributed by atoms with van der Waals surface area (Å²) in [7, 11) is 0. The van der Waals surface area contributed by atoms with Gasteiger partial charge in [-0.3, -0.25) is 19.3 Å². The first-order chi connectivity index (χ1) is 12.0. The van der Waals surface area contributed by atoms with Crippen molar-refractivity contribution in [1.82, 2.24) is 4.90 Å². The molecule has 0 aliphatic carbocycles. The number of carboxylic acid groups (broad SMARTS) is 1. The number of piperidine rings is 1. The number of carboxylic acids is 1. The fourth-order valence-corrected chi connectivity index (χ4v) is 3.37. The SMILES string of the molecule is O=C(CN1CCCCC1)Nc1ccc(N2CC(C(=O)O)CC2=O)cc1. The van der Waals surface area contributed by atoms with Gasteiger partial charge in [0.1, 0.15) is 0 Å². The van der Waals surface area contributed by atoms with E-state index in [0.717, 1.165) is 25.9 Å². The Kier molecular flexibility index (Phi) is 5.33. The van der Waals surface area contributed by atoms with Crippen LogP contribution in [-0.4, -0.2) is 54.0 Å². The molecule has 7 heteroatoms. The molecule has 2 aliphatic heterocycles. The number of hydrogen-bond donors (Lipinski definition) is 2. The van der Waals surface area contributed by atoms with Crippen LogP contribution in [0.2, 0.25) is 0 Å². The summed E-state index contributed by atoms with van der Waals surface area (Å²) in [5.41, 5.74) is 1.33. The Bertz CT molecular complexity index is 653. The van der Waals surface area contributed by atoms with E-state index in [1.54, 1.807) is 24.3 Å². The van der Waals surface area contributed by atoms with Crippen molar-refractivity contribution in [3.05, 3.63) is 24.3 Å². The first-order valence-electron chi connectivity index (χ1n) is 8.68. The Morgan fingerprint density at radius 2 is 1.80 bits per heavy atom. The molecule has 0 radical (unpaired) electrons. The lowest BCUT2D eigenvalue weighted by atomic mass is 10.1. The molecule has 134 valence electrons. The van der Waals surface area contributed by atoms with Crippen LogP contribution in [0.5, 0.6) is 0 Å². The van der Waals surface area contributed by atoms with Gasteiger partial charge in [0.15, 0.2) is 0 Å². The van der Waals surface area contributed by atoms with Crippen LogP contribution in [0.25, 0.3) is 0 Å². The lowest BCUT2D eigenvalue weighted by molar-refractivity contribution is -0.141. The average molecular weight is 345 g/mol. The Morgan fingerprint density at radius 1 is 1.12 bits per heavy atom. The number of rotatable bonds is 5. The van der Waals surface area contributed by atoms with Gasteiger partial charge in [-0.05, 0) is 50.2 Å². The second-order valence-corrected chi connectivity index (χ2v) is 6.68. The number of nitrogens with zero attached hydrogens (tertiary/aromatic N) is 2. The summed E-state index contributed by atoms with van der Waals surface area (Å²) < 4.78 is 0. The highest BCUT2D eigenvalue weighted by Gasteiger charge is 2.34. The number of nitrogens with one attached hydrogen (secondary N) is 1. The highest BCUT2D eigenvalue weighted by molar-refractivity contribution is 5.99. The minimum Gasteiger partial charge on any atom is -0.481 e. The molecule has 1 unspecified atom stereocenters. The van der Waals surface area contributed by atoms with E-state index in [0.29, 0.717) is 17.9 Å². The minimum absolute atomic E-state index is 0.0314. The van der Waals surface area contributed by atoms with Crippen LogP contribution >= 0.6 is 0 Å². The topological polar surface area (TPSA) is 90.0 Å². The van der Waals surface area contributed by atoms with Gasteiger partial charge in [0.25, 0.3) is 0 Å². The Morgan fingerprint density at radius 3 is 2.40 bits per heavy atom.